The van der Waals surface area contributed by atoms with E-state index < -0.39 is 0 Å². The Bertz CT molecular complexity index is 404. The summed E-state index contributed by atoms with van der Waals surface area (Å²) in [5.41, 5.74) is 0.592. The summed E-state index contributed by atoms with van der Waals surface area (Å²) in [7, 11) is 2.16. The molecule has 5 heteroatoms. The van der Waals surface area contributed by atoms with Crippen LogP contribution in [-0.2, 0) is 0 Å². The number of Topliss-reactive ketones (excluding diaryl/α,β-unsaturated/α-hetero) is 1. The molecule has 0 aromatic carbocycles. The smallest absolute Gasteiger partial charge is 0.186 e. The third kappa shape index (κ3) is 2.84. The lowest BCUT2D eigenvalue weighted by Crippen LogP contribution is -2.37. The van der Waals surface area contributed by atoms with E-state index in [1.807, 2.05) is 5.38 Å². The molecule has 1 aromatic rings. The van der Waals surface area contributed by atoms with Crippen LogP contribution >= 0.6 is 11.3 Å². The molecule has 0 amide bonds. The van der Waals surface area contributed by atoms with Gasteiger partial charge in [0.05, 0.1) is 0 Å². The van der Waals surface area contributed by atoms with E-state index >= 15 is 0 Å². The van der Waals surface area contributed by atoms with Crippen LogP contribution in [0, 0.1) is 0 Å². The van der Waals surface area contributed by atoms with Crippen LogP contribution in [0.5, 0.6) is 0 Å². The van der Waals surface area contributed by atoms with Gasteiger partial charge in [-0.3, -0.25) is 4.79 Å². The van der Waals surface area contributed by atoms with Crippen LogP contribution in [0.4, 0.5) is 5.13 Å². The van der Waals surface area contributed by atoms with Crippen molar-refractivity contribution in [2.75, 3.05) is 31.6 Å². The van der Waals surface area contributed by atoms with Crippen LogP contribution in [0.3, 0.4) is 0 Å². The molecule has 0 aliphatic carbocycles. The first-order valence-electron chi connectivity index (χ1n) is 5.99. The molecular weight excluding hydrogens is 234 g/mol. The second kappa shape index (κ2) is 5.14. The van der Waals surface area contributed by atoms with Crippen LogP contribution in [0.25, 0.3) is 0 Å². The molecule has 0 N–H and O–H groups in total. The van der Waals surface area contributed by atoms with Gasteiger partial charge in [0.1, 0.15) is 5.69 Å². The molecule has 2 heterocycles. The minimum Gasteiger partial charge on any atom is -0.344 e. The van der Waals surface area contributed by atoms with Crippen molar-refractivity contribution < 1.29 is 4.79 Å². The van der Waals surface area contributed by atoms with Gasteiger partial charge in [0.2, 0.25) is 0 Å². The second-order valence-electron chi connectivity index (χ2n) is 4.73. The zero-order chi connectivity index (χ0) is 12.4. The highest BCUT2D eigenvalue weighted by Gasteiger charge is 2.22. The maximum atomic E-state index is 11.3. The quantitative estimate of drug-likeness (QED) is 0.754. The number of hydrogen-bond donors (Lipinski definition) is 0. The standard InChI is InChI=1S/C12H19N3OS/c1-9-7-14(3)5-4-6-15(9)12-13-11(8-17-12)10(2)16/h8-9H,4-7H2,1-3H3. The lowest BCUT2D eigenvalue weighted by atomic mass is 10.3. The molecule has 1 aromatic heterocycles. The Kier molecular flexibility index (Phi) is 3.79. The van der Waals surface area contributed by atoms with Gasteiger partial charge in [-0.2, -0.15) is 0 Å². The van der Waals surface area contributed by atoms with E-state index in [1.54, 1.807) is 18.3 Å². The number of ketones is 1. The Morgan fingerprint density at radius 2 is 2.29 bits per heavy atom. The van der Waals surface area contributed by atoms with Gasteiger partial charge in [-0.25, -0.2) is 4.98 Å². The van der Waals surface area contributed by atoms with E-state index in [0.717, 1.165) is 31.2 Å². The first-order valence-corrected chi connectivity index (χ1v) is 6.87. The van der Waals surface area contributed by atoms with Crippen LogP contribution in [0.1, 0.15) is 30.8 Å². The number of anilines is 1. The van der Waals surface area contributed by atoms with Gasteiger partial charge in [0.25, 0.3) is 0 Å². The minimum absolute atomic E-state index is 0.0482. The number of rotatable bonds is 2. The second-order valence-corrected chi connectivity index (χ2v) is 5.57. The van der Waals surface area contributed by atoms with E-state index in [2.05, 4.69) is 28.8 Å². The van der Waals surface area contributed by atoms with Gasteiger partial charge >= 0.3 is 0 Å². The van der Waals surface area contributed by atoms with Gasteiger partial charge < -0.3 is 9.80 Å². The molecule has 0 radical (unpaired) electrons. The zero-order valence-electron chi connectivity index (χ0n) is 10.6. The van der Waals surface area contributed by atoms with Crippen molar-refractivity contribution in [3.8, 4) is 0 Å². The average Bonchev–Trinajstić information content (AvgIpc) is 2.67. The summed E-state index contributed by atoms with van der Waals surface area (Å²) >= 11 is 1.57. The van der Waals surface area contributed by atoms with Gasteiger partial charge in [-0.05, 0) is 26.9 Å². The molecule has 4 nitrogen and oxygen atoms in total. The fourth-order valence-electron chi connectivity index (χ4n) is 2.21. The Hall–Kier alpha value is -0.940. The lowest BCUT2D eigenvalue weighted by molar-refractivity contribution is 0.101. The van der Waals surface area contributed by atoms with Gasteiger partial charge in [-0.15, -0.1) is 11.3 Å². The van der Waals surface area contributed by atoms with Gasteiger partial charge in [0, 0.05) is 31.4 Å². The Morgan fingerprint density at radius 3 is 2.94 bits per heavy atom. The van der Waals surface area contributed by atoms with Crippen LogP contribution in [-0.4, -0.2) is 48.4 Å². The summed E-state index contributed by atoms with van der Waals surface area (Å²) in [6.07, 6.45) is 1.15. The Balaban J connectivity index is 2.16. The minimum atomic E-state index is 0.0482. The van der Waals surface area contributed by atoms with Crippen molar-refractivity contribution in [2.24, 2.45) is 0 Å². The fraction of sp³-hybridized carbons (Fsp3) is 0.667. The summed E-state index contributed by atoms with van der Waals surface area (Å²) in [6, 6.07) is 0.452. The summed E-state index contributed by atoms with van der Waals surface area (Å²) in [5.74, 6) is 0.0482. The fourth-order valence-corrected chi connectivity index (χ4v) is 3.21. The molecule has 1 unspecified atom stereocenters. The topological polar surface area (TPSA) is 36.4 Å². The molecule has 1 aliphatic heterocycles. The molecule has 0 bridgehead atoms. The summed E-state index contributed by atoms with van der Waals surface area (Å²) in [5, 5.41) is 2.84. The maximum Gasteiger partial charge on any atom is 0.186 e. The predicted octanol–water partition coefficient (Wildman–Crippen LogP) is 1.88. The highest BCUT2D eigenvalue weighted by molar-refractivity contribution is 7.13. The molecule has 0 spiro atoms. The Labute approximate surface area is 106 Å². The van der Waals surface area contributed by atoms with Crippen molar-refractivity contribution in [1.29, 1.82) is 0 Å². The third-order valence-electron chi connectivity index (χ3n) is 3.15. The first kappa shape index (κ1) is 12.5. The molecule has 1 fully saturated rings. The molecule has 94 valence electrons. The van der Waals surface area contributed by atoms with Crippen LogP contribution in [0.2, 0.25) is 0 Å². The molecule has 1 aliphatic rings. The number of thiazole rings is 1. The van der Waals surface area contributed by atoms with E-state index in [-0.39, 0.29) is 5.78 Å². The Morgan fingerprint density at radius 1 is 1.53 bits per heavy atom. The summed E-state index contributed by atoms with van der Waals surface area (Å²) in [4.78, 5) is 20.4. The summed E-state index contributed by atoms with van der Waals surface area (Å²) in [6.45, 7) is 6.99. The zero-order valence-corrected chi connectivity index (χ0v) is 11.5. The van der Waals surface area contributed by atoms with E-state index in [0.29, 0.717) is 11.7 Å². The molecule has 2 rings (SSSR count). The maximum absolute atomic E-state index is 11.3. The lowest BCUT2D eigenvalue weighted by Gasteiger charge is -2.27. The van der Waals surface area contributed by atoms with E-state index in [9.17, 15) is 4.79 Å². The van der Waals surface area contributed by atoms with Crippen molar-refractivity contribution in [1.82, 2.24) is 9.88 Å². The van der Waals surface area contributed by atoms with E-state index in [1.165, 1.54) is 0 Å². The normalized spacial score (nSPS) is 22.5. The van der Waals surface area contributed by atoms with Crippen molar-refractivity contribution in [3.63, 3.8) is 0 Å². The summed E-state index contributed by atoms with van der Waals surface area (Å²) < 4.78 is 0. The number of carbonyl (C=O) groups excluding carboxylic acids is 1. The van der Waals surface area contributed by atoms with Crippen LogP contribution in [0.15, 0.2) is 5.38 Å². The number of aromatic nitrogens is 1. The SMILES string of the molecule is CC(=O)c1csc(N2CCCN(C)CC2C)n1. The number of likely N-dealkylation sites (N-methyl/N-ethyl adjacent to an activating group) is 1. The number of nitrogens with zero attached hydrogens (tertiary/aromatic N) is 3. The number of carbonyl (C=O) groups is 1. The van der Waals surface area contributed by atoms with Crippen molar-refractivity contribution in [3.05, 3.63) is 11.1 Å². The molecule has 0 saturated carbocycles. The van der Waals surface area contributed by atoms with Gasteiger partial charge in [-0.1, -0.05) is 0 Å². The molecular formula is C12H19N3OS. The molecule has 1 saturated heterocycles. The molecule has 17 heavy (non-hydrogen) atoms. The predicted molar refractivity (Wildman–Crippen MR) is 71.0 cm³/mol. The van der Waals surface area contributed by atoms with Gasteiger partial charge in [0.15, 0.2) is 10.9 Å². The highest BCUT2D eigenvalue weighted by Crippen LogP contribution is 2.24. The largest absolute Gasteiger partial charge is 0.344 e. The highest BCUT2D eigenvalue weighted by atomic mass is 32.1. The van der Waals surface area contributed by atoms with E-state index in [4.69, 9.17) is 0 Å². The van der Waals surface area contributed by atoms with Crippen molar-refractivity contribution in [2.45, 2.75) is 26.3 Å². The average molecular weight is 253 g/mol. The molecule has 1 atom stereocenters. The van der Waals surface area contributed by atoms with Crippen molar-refractivity contribution >= 4 is 22.3 Å². The monoisotopic (exact) mass is 253 g/mol. The number of hydrogen-bond acceptors (Lipinski definition) is 5. The third-order valence-corrected chi connectivity index (χ3v) is 4.02. The van der Waals surface area contributed by atoms with Crippen LogP contribution < -0.4 is 4.90 Å². The first-order chi connectivity index (χ1) is 8.08.